The van der Waals surface area contributed by atoms with E-state index in [4.69, 9.17) is 10.8 Å². The Bertz CT molecular complexity index is 402. The zero-order valence-corrected chi connectivity index (χ0v) is 9.89. The molecule has 92 valence electrons. The number of hydrogen-bond donors (Lipinski definition) is 3. The third-order valence-corrected chi connectivity index (χ3v) is 2.29. The van der Waals surface area contributed by atoms with Gasteiger partial charge in [0.25, 0.3) is 0 Å². The number of nitrogens with one attached hydrogen (secondary N) is 1. The molecule has 0 aliphatic heterocycles. The fourth-order valence-corrected chi connectivity index (χ4v) is 1.39. The van der Waals surface area contributed by atoms with Crippen LogP contribution in [0.5, 0.6) is 0 Å². The van der Waals surface area contributed by atoms with Crippen molar-refractivity contribution in [3.63, 3.8) is 0 Å². The van der Waals surface area contributed by atoms with E-state index in [0.717, 1.165) is 5.56 Å². The smallest absolute Gasteiger partial charge is 0.244 e. The van der Waals surface area contributed by atoms with Crippen LogP contribution in [0.15, 0.2) is 30.3 Å². The Morgan fingerprint density at radius 1 is 1.59 bits per heavy atom. The van der Waals surface area contributed by atoms with E-state index in [0.29, 0.717) is 12.1 Å². The number of amides is 1. The number of hydrogen-bond acceptors (Lipinski definition) is 3. The Balaban J connectivity index is 2.51. The van der Waals surface area contributed by atoms with Gasteiger partial charge in [-0.15, -0.1) is 0 Å². The summed E-state index contributed by atoms with van der Waals surface area (Å²) in [5.74, 6) is -0.173. The molecule has 4 N–H and O–H groups in total. The molecule has 1 rings (SSSR count). The minimum Gasteiger partial charge on any atom is -0.399 e. The number of nitrogens with two attached hydrogens (primary N) is 1. The van der Waals surface area contributed by atoms with Crippen molar-refractivity contribution in [1.82, 2.24) is 5.32 Å². The lowest BCUT2D eigenvalue weighted by Crippen LogP contribution is -2.31. The average Bonchev–Trinajstić information content (AvgIpc) is 2.27. The second kappa shape index (κ2) is 6.70. The highest BCUT2D eigenvalue weighted by atomic mass is 16.3. The van der Waals surface area contributed by atoms with Crippen LogP contribution in [-0.4, -0.2) is 23.7 Å². The Labute approximate surface area is 101 Å². The van der Waals surface area contributed by atoms with Crippen molar-refractivity contribution in [2.45, 2.75) is 19.4 Å². The first-order valence-corrected chi connectivity index (χ1v) is 5.57. The van der Waals surface area contributed by atoms with E-state index in [2.05, 4.69) is 5.32 Å². The van der Waals surface area contributed by atoms with Crippen LogP contribution in [-0.2, 0) is 4.79 Å². The van der Waals surface area contributed by atoms with Gasteiger partial charge >= 0.3 is 0 Å². The van der Waals surface area contributed by atoms with Gasteiger partial charge in [0, 0.05) is 24.4 Å². The third-order valence-electron chi connectivity index (χ3n) is 2.29. The highest BCUT2D eigenvalue weighted by Gasteiger charge is 2.02. The van der Waals surface area contributed by atoms with Gasteiger partial charge in [-0.1, -0.05) is 12.1 Å². The molecule has 1 atom stereocenters. The lowest BCUT2D eigenvalue weighted by molar-refractivity contribution is -0.117. The molecule has 0 aromatic heterocycles. The van der Waals surface area contributed by atoms with E-state index in [1.165, 1.54) is 6.08 Å². The van der Waals surface area contributed by atoms with Crippen LogP contribution in [0.1, 0.15) is 18.9 Å². The SMILES string of the molecule is CC(CCO)NC(=O)/C=C/c1cccc(N)c1. The molecular formula is C13H18N2O2. The number of aliphatic hydroxyl groups is 1. The highest BCUT2D eigenvalue weighted by molar-refractivity contribution is 5.91. The Morgan fingerprint density at radius 3 is 3.00 bits per heavy atom. The number of rotatable bonds is 5. The van der Waals surface area contributed by atoms with Crippen molar-refractivity contribution in [2.24, 2.45) is 0 Å². The van der Waals surface area contributed by atoms with Gasteiger partial charge in [0.2, 0.25) is 5.91 Å². The molecule has 0 fully saturated rings. The van der Waals surface area contributed by atoms with Crippen LogP contribution in [0.4, 0.5) is 5.69 Å². The fraction of sp³-hybridized carbons (Fsp3) is 0.308. The topological polar surface area (TPSA) is 75.3 Å². The van der Waals surface area contributed by atoms with Crippen molar-refractivity contribution in [3.05, 3.63) is 35.9 Å². The summed E-state index contributed by atoms with van der Waals surface area (Å²) in [5, 5.41) is 11.5. The van der Waals surface area contributed by atoms with E-state index in [9.17, 15) is 4.79 Å². The monoisotopic (exact) mass is 234 g/mol. The normalized spacial score (nSPS) is 12.6. The van der Waals surface area contributed by atoms with Crippen molar-refractivity contribution in [2.75, 3.05) is 12.3 Å². The minimum absolute atomic E-state index is 0.0296. The molecule has 1 aromatic rings. The van der Waals surface area contributed by atoms with Crippen LogP contribution < -0.4 is 11.1 Å². The Morgan fingerprint density at radius 2 is 2.35 bits per heavy atom. The van der Waals surface area contributed by atoms with Gasteiger partial charge in [-0.3, -0.25) is 4.79 Å². The molecule has 0 saturated carbocycles. The predicted octanol–water partition coefficient (Wildman–Crippen LogP) is 1.17. The molecule has 4 nitrogen and oxygen atoms in total. The molecule has 1 unspecified atom stereocenters. The quantitative estimate of drug-likeness (QED) is 0.529. The van der Waals surface area contributed by atoms with Gasteiger partial charge in [0.05, 0.1) is 0 Å². The van der Waals surface area contributed by atoms with Crippen LogP contribution >= 0.6 is 0 Å². The number of anilines is 1. The maximum atomic E-state index is 11.5. The van der Waals surface area contributed by atoms with E-state index in [1.54, 1.807) is 18.2 Å². The maximum absolute atomic E-state index is 11.5. The van der Waals surface area contributed by atoms with Crippen LogP contribution in [0.3, 0.4) is 0 Å². The average molecular weight is 234 g/mol. The molecule has 0 radical (unpaired) electrons. The zero-order chi connectivity index (χ0) is 12.7. The molecule has 1 amide bonds. The van der Waals surface area contributed by atoms with Gasteiger partial charge in [0.15, 0.2) is 0 Å². The van der Waals surface area contributed by atoms with Crippen LogP contribution in [0.25, 0.3) is 6.08 Å². The first-order valence-electron chi connectivity index (χ1n) is 5.57. The summed E-state index contributed by atoms with van der Waals surface area (Å²) in [6, 6.07) is 7.26. The van der Waals surface area contributed by atoms with Gasteiger partial charge in [-0.25, -0.2) is 0 Å². The van der Waals surface area contributed by atoms with E-state index >= 15 is 0 Å². The molecule has 0 spiro atoms. The highest BCUT2D eigenvalue weighted by Crippen LogP contribution is 2.07. The Kier molecular flexibility index (Phi) is 5.23. The molecule has 17 heavy (non-hydrogen) atoms. The number of carbonyl (C=O) groups is 1. The van der Waals surface area contributed by atoms with E-state index in [-0.39, 0.29) is 18.6 Å². The summed E-state index contributed by atoms with van der Waals surface area (Å²) in [7, 11) is 0. The van der Waals surface area contributed by atoms with Gasteiger partial charge in [0.1, 0.15) is 0 Å². The standard InChI is InChI=1S/C13H18N2O2/c1-10(7-8-16)15-13(17)6-5-11-3-2-4-12(14)9-11/h2-6,9-10,16H,7-8,14H2,1H3,(H,15,17)/b6-5+. The molecule has 4 heteroatoms. The first-order chi connectivity index (χ1) is 8.11. The van der Waals surface area contributed by atoms with Crippen molar-refractivity contribution in [3.8, 4) is 0 Å². The lowest BCUT2D eigenvalue weighted by Gasteiger charge is -2.09. The third kappa shape index (κ3) is 5.17. The summed E-state index contributed by atoms with van der Waals surface area (Å²) in [6.07, 6.45) is 3.72. The van der Waals surface area contributed by atoms with Gasteiger partial charge in [-0.05, 0) is 37.1 Å². The number of carbonyl (C=O) groups excluding carboxylic acids is 1. The van der Waals surface area contributed by atoms with Gasteiger partial charge < -0.3 is 16.2 Å². The number of aliphatic hydroxyl groups excluding tert-OH is 1. The second-order valence-corrected chi connectivity index (χ2v) is 3.93. The zero-order valence-electron chi connectivity index (χ0n) is 9.89. The predicted molar refractivity (Wildman–Crippen MR) is 69.2 cm³/mol. The van der Waals surface area contributed by atoms with Crippen LogP contribution in [0, 0.1) is 0 Å². The second-order valence-electron chi connectivity index (χ2n) is 3.93. The van der Waals surface area contributed by atoms with Gasteiger partial charge in [-0.2, -0.15) is 0 Å². The Hall–Kier alpha value is -1.81. The van der Waals surface area contributed by atoms with Crippen molar-refractivity contribution in [1.29, 1.82) is 0 Å². The summed E-state index contributed by atoms with van der Waals surface area (Å²) >= 11 is 0. The fourth-order valence-electron chi connectivity index (χ4n) is 1.39. The van der Waals surface area contributed by atoms with Crippen LogP contribution in [0.2, 0.25) is 0 Å². The molecule has 0 heterocycles. The summed E-state index contributed by atoms with van der Waals surface area (Å²) in [6.45, 7) is 1.92. The molecular weight excluding hydrogens is 216 g/mol. The van der Waals surface area contributed by atoms with Crippen molar-refractivity contribution >= 4 is 17.7 Å². The van der Waals surface area contributed by atoms with E-state index in [1.807, 2.05) is 19.1 Å². The maximum Gasteiger partial charge on any atom is 0.244 e. The number of nitrogen functional groups attached to an aromatic ring is 1. The first kappa shape index (κ1) is 13.3. The molecule has 1 aromatic carbocycles. The molecule has 0 bridgehead atoms. The largest absolute Gasteiger partial charge is 0.399 e. The number of benzene rings is 1. The van der Waals surface area contributed by atoms with Crippen molar-refractivity contribution < 1.29 is 9.90 Å². The summed E-state index contributed by atoms with van der Waals surface area (Å²) in [4.78, 5) is 11.5. The molecule has 0 saturated heterocycles. The van der Waals surface area contributed by atoms with E-state index < -0.39 is 0 Å². The lowest BCUT2D eigenvalue weighted by atomic mass is 10.2. The molecule has 0 aliphatic rings. The minimum atomic E-state index is -0.173. The molecule has 0 aliphatic carbocycles. The summed E-state index contributed by atoms with van der Waals surface area (Å²) < 4.78 is 0. The summed E-state index contributed by atoms with van der Waals surface area (Å²) in [5.41, 5.74) is 7.18.